The van der Waals surface area contributed by atoms with Gasteiger partial charge in [0.05, 0.1) is 7.11 Å². The van der Waals surface area contributed by atoms with Gasteiger partial charge in [-0.3, -0.25) is 0 Å². The Bertz CT molecular complexity index is 205. The lowest BCUT2D eigenvalue weighted by atomic mass is 10.1. The zero-order chi connectivity index (χ0) is 13.1. The number of hydrogen-bond donors (Lipinski definition) is 2. The lowest BCUT2D eigenvalue weighted by molar-refractivity contribution is -0.159. The molecule has 0 amide bonds. The number of rotatable bonds is 10. The Kier molecular flexibility index (Phi) is 9.09. The first kappa shape index (κ1) is 16.4. The minimum atomic E-state index is -1.42. The zero-order valence-corrected chi connectivity index (χ0v) is 11.4. The Labute approximate surface area is 105 Å². The Morgan fingerprint density at radius 1 is 1.24 bits per heavy atom. The van der Waals surface area contributed by atoms with Gasteiger partial charge in [-0.2, -0.15) is 0 Å². The molecule has 0 aliphatic heterocycles. The van der Waals surface area contributed by atoms with Crippen LogP contribution in [0, 0.1) is 0 Å². The van der Waals surface area contributed by atoms with Gasteiger partial charge in [0.2, 0.25) is 0 Å². The number of aliphatic hydroxyl groups is 1. The molecule has 0 bridgehead atoms. The van der Waals surface area contributed by atoms with Gasteiger partial charge in [0, 0.05) is 6.54 Å². The van der Waals surface area contributed by atoms with Crippen molar-refractivity contribution in [3.8, 4) is 0 Å². The van der Waals surface area contributed by atoms with Gasteiger partial charge in [-0.05, 0) is 19.9 Å². The van der Waals surface area contributed by atoms with Gasteiger partial charge in [0.25, 0.3) is 0 Å². The fourth-order valence-electron chi connectivity index (χ4n) is 1.65. The molecule has 2 N–H and O–H groups in total. The van der Waals surface area contributed by atoms with Gasteiger partial charge in [-0.1, -0.05) is 39.0 Å². The number of methoxy groups -OCH3 is 1. The number of nitrogens with one attached hydrogen (secondary N) is 1. The second-order valence-corrected chi connectivity index (χ2v) is 4.71. The van der Waals surface area contributed by atoms with E-state index < -0.39 is 11.6 Å². The van der Waals surface area contributed by atoms with Crippen molar-refractivity contribution < 1.29 is 14.6 Å². The lowest BCUT2D eigenvalue weighted by Crippen LogP contribution is -2.45. The number of unbranched alkanes of at least 4 members (excludes halogenated alkanes) is 5. The molecule has 102 valence electrons. The molecule has 0 radical (unpaired) electrons. The fraction of sp³-hybridized carbons (Fsp3) is 0.923. The summed E-state index contributed by atoms with van der Waals surface area (Å²) in [6, 6.07) is 0. The SMILES string of the molecule is CCCCCCCCNCC(C)(O)C(=O)OC. The maximum atomic E-state index is 11.2. The third-order valence-corrected chi connectivity index (χ3v) is 2.80. The number of carbonyl (C=O) groups is 1. The molecule has 4 heteroatoms. The largest absolute Gasteiger partial charge is 0.467 e. The Morgan fingerprint density at radius 3 is 2.41 bits per heavy atom. The second-order valence-electron chi connectivity index (χ2n) is 4.71. The highest BCUT2D eigenvalue weighted by atomic mass is 16.5. The van der Waals surface area contributed by atoms with Crippen molar-refractivity contribution in [1.82, 2.24) is 5.32 Å². The standard InChI is InChI=1S/C13H27NO3/c1-4-5-6-7-8-9-10-14-11-13(2,16)12(15)17-3/h14,16H,4-11H2,1-3H3. The first-order valence-electron chi connectivity index (χ1n) is 6.56. The van der Waals surface area contributed by atoms with Crippen molar-refractivity contribution in [2.75, 3.05) is 20.2 Å². The number of esters is 1. The molecule has 0 saturated heterocycles. The average Bonchev–Trinajstić information content (AvgIpc) is 2.31. The van der Waals surface area contributed by atoms with Crippen LogP contribution in [0.5, 0.6) is 0 Å². The van der Waals surface area contributed by atoms with Gasteiger partial charge in [0.15, 0.2) is 5.60 Å². The molecule has 0 aliphatic carbocycles. The third-order valence-electron chi connectivity index (χ3n) is 2.80. The quantitative estimate of drug-likeness (QED) is 0.455. The Morgan fingerprint density at radius 2 is 1.82 bits per heavy atom. The fourth-order valence-corrected chi connectivity index (χ4v) is 1.65. The molecule has 4 nitrogen and oxygen atoms in total. The lowest BCUT2D eigenvalue weighted by Gasteiger charge is -2.20. The molecular weight excluding hydrogens is 218 g/mol. The van der Waals surface area contributed by atoms with Crippen molar-refractivity contribution in [2.24, 2.45) is 0 Å². The second kappa shape index (κ2) is 9.42. The molecule has 0 aliphatic rings. The van der Waals surface area contributed by atoms with E-state index in [1.807, 2.05) is 0 Å². The molecule has 0 spiro atoms. The molecule has 1 atom stereocenters. The molecule has 0 aromatic heterocycles. The minimum Gasteiger partial charge on any atom is -0.467 e. The van der Waals surface area contributed by atoms with E-state index in [0.29, 0.717) is 0 Å². The van der Waals surface area contributed by atoms with Crippen LogP contribution in [0.4, 0.5) is 0 Å². The predicted octanol–water partition coefficient (Wildman–Crippen LogP) is 1.86. The van der Waals surface area contributed by atoms with Crippen LogP contribution < -0.4 is 5.32 Å². The summed E-state index contributed by atoms with van der Waals surface area (Å²) in [7, 11) is 1.28. The number of ether oxygens (including phenoxy) is 1. The van der Waals surface area contributed by atoms with Crippen LogP contribution in [0.2, 0.25) is 0 Å². The molecule has 17 heavy (non-hydrogen) atoms. The smallest absolute Gasteiger partial charge is 0.338 e. The summed E-state index contributed by atoms with van der Waals surface area (Å²) in [4.78, 5) is 11.2. The molecule has 0 fully saturated rings. The van der Waals surface area contributed by atoms with E-state index in [9.17, 15) is 9.90 Å². The summed E-state index contributed by atoms with van der Waals surface area (Å²) in [6.07, 6.45) is 7.43. The van der Waals surface area contributed by atoms with E-state index in [2.05, 4.69) is 17.0 Å². The normalized spacial score (nSPS) is 14.4. The van der Waals surface area contributed by atoms with Crippen molar-refractivity contribution in [2.45, 2.75) is 58.0 Å². The minimum absolute atomic E-state index is 0.245. The van der Waals surface area contributed by atoms with Crippen molar-refractivity contribution in [3.05, 3.63) is 0 Å². The van der Waals surface area contributed by atoms with Gasteiger partial charge in [-0.25, -0.2) is 4.79 Å². The summed E-state index contributed by atoms with van der Waals surface area (Å²) in [5.74, 6) is -0.590. The predicted molar refractivity (Wildman–Crippen MR) is 68.9 cm³/mol. The van der Waals surface area contributed by atoms with Crippen LogP contribution in [0.25, 0.3) is 0 Å². The highest BCUT2D eigenvalue weighted by Crippen LogP contribution is 2.05. The van der Waals surface area contributed by atoms with E-state index in [1.165, 1.54) is 46.1 Å². The van der Waals surface area contributed by atoms with Crippen LogP contribution in [0.3, 0.4) is 0 Å². The molecule has 0 rings (SSSR count). The molecule has 0 heterocycles. The molecular formula is C13H27NO3. The van der Waals surface area contributed by atoms with Crippen molar-refractivity contribution >= 4 is 5.97 Å². The van der Waals surface area contributed by atoms with E-state index in [0.717, 1.165) is 13.0 Å². The summed E-state index contributed by atoms with van der Waals surface area (Å²) >= 11 is 0. The summed E-state index contributed by atoms with van der Waals surface area (Å²) in [5, 5.41) is 12.8. The van der Waals surface area contributed by atoms with Gasteiger partial charge in [-0.15, -0.1) is 0 Å². The van der Waals surface area contributed by atoms with Crippen LogP contribution >= 0.6 is 0 Å². The zero-order valence-electron chi connectivity index (χ0n) is 11.4. The first-order valence-corrected chi connectivity index (χ1v) is 6.56. The Hall–Kier alpha value is -0.610. The van der Waals surface area contributed by atoms with Crippen molar-refractivity contribution in [1.29, 1.82) is 0 Å². The summed E-state index contributed by atoms with van der Waals surface area (Å²) < 4.78 is 4.51. The average molecular weight is 245 g/mol. The van der Waals surface area contributed by atoms with Crippen LogP contribution in [0.15, 0.2) is 0 Å². The van der Waals surface area contributed by atoms with Crippen LogP contribution in [-0.4, -0.2) is 36.9 Å². The molecule has 0 saturated carbocycles. The summed E-state index contributed by atoms with van der Waals surface area (Å²) in [5.41, 5.74) is -1.42. The van der Waals surface area contributed by atoms with Gasteiger partial charge < -0.3 is 15.2 Å². The molecule has 1 unspecified atom stereocenters. The van der Waals surface area contributed by atoms with Crippen LogP contribution in [-0.2, 0) is 9.53 Å². The van der Waals surface area contributed by atoms with Gasteiger partial charge in [0.1, 0.15) is 0 Å². The summed E-state index contributed by atoms with van der Waals surface area (Å²) in [6.45, 7) is 4.75. The molecule has 0 aromatic carbocycles. The van der Waals surface area contributed by atoms with Crippen LogP contribution in [0.1, 0.15) is 52.4 Å². The van der Waals surface area contributed by atoms with Crippen molar-refractivity contribution in [3.63, 3.8) is 0 Å². The third kappa shape index (κ3) is 8.16. The van der Waals surface area contributed by atoms with Gasteiger partial charge >= 0.3 is 5.97 Å². The number of carbonyl (C=O) groups excluding carboxylic acids is 1. The molecule has 0 aromatic rings. The first-order chi connectivity index (χ1) is 8.04. The monoisotopic (exact) mass is 245 g/mol. The topological polar surface area (TPSA) is 58.6 Å². The van der Waals surface area contributed by atoms with E-state index in [-0.39, 0.29) is 6.54 Å². The van der Waals surface area contributed by atoms with E-state index in [1.54, 1.807) is 0 Å². The maximum absolute atomic E-state index is 11.2. The Balaban J connectivity index is 3.42. The van der Waals surface area contributed by atoms with E-state index in [4.69, 9.17) is 0 Å². The highest BCUT2D eigenvalue weighted by molar-refractivity contribution is 5.78. The maximum Gasteiger partial charge on any atom is 0.338 e. The highest BCUT2D eigenvalue weighted by Gasteiger charge is 2.30. The van der Waals surface area contributed by atoms with E-state index >= 15 is 0 Å². The number of hydrogen-bond acceptors (Lipinski definition) is 4.